The quantitative estimate of drug-likeness (QED) is 0.740. The molecule has 11 heteroatoms. The van der Waals surface area contributed by atoms with E-state index in [0.717, 1.165) is 10.3 Å². The first-order valence-electron chi connectivity index (χ1n) is 8.45. The number of hydrogen-bond acceptors (Lipinski definition) is 8. The molecule has 0 bridgehead atoms. The molecule has 0 radical (unpaired) electrons. The summed E-state index contributed by atoms with van der Waals surface area (Å²) < 4.78 is 0. The number of likely N-dealkylation sites (tertiary alicyclic amines) is 1. The summed E-state index contributed by atoms with van der Waals surface area (Å²) in [5, 5.41) is 2.84. The molecule has 26 heavy (non-hydrogen) atoms. The molecule has 2 fully saturated rings. The van der Waals surface area contributed by atoms with Crippen LogP contribution in [0.4, 0.5) is 16.6 Å². The Bertz CT molecular complexity index is 847. The summed E-state index contributed by atoms with van der Waals surface area (Å²) in [6.45, 7) is 3.00. The van der Waals surface area contributed by atoms with Crippen molar-refractivity contribution in [1.29, 1.82) is 0 Å². The number of urea groups is 1. The number of nitrogens with one attached hydrogen (secondary N) is 1. The fourth-order valence-corrected chi connectivity index (χ4v) is 3.96. The van der Waals surface area contributed by atoms with Crippen molar-refractivity contribution < 1.29 is 9.59 Å². The molecule has 0 saturated carbocycles. The van der Waals surface area contributed by atoms with Gasteiger partial charge in [0.2, 0.25) is 11.9 Å². The number of rotatable bonds is 2. The number of carbonyl (C=O) groups excluding carboxylic acids is 2. The molecule has 0 aliphatic carbocycles. The molecule has 1 unspecified atom stereocenters. The van der Waals surface area contributed by atoms with Crippen molar-refractivity contribution in [1.82, 2.24) is 30.1 Å². The van der Waals surface area contributed by atoms with Gasteiger partial charge in [0.25, 0.3) is 0 Å². The molecule has 2 aliphatic rings. The first-order valence-corrected chi connectivity index (χ1v) is 9.33. The summed E-state index contributed by atoms with van der Waals surface area (Å²) in [4.78, 5) is 43.4. The minimum atomic E-state index is -0.415. The zero-order valence-corrected chi connectivity index (χ0v) is 15.2. The first-order chi connectivity index (χ1) is 12.5. The summed E-state index contributed by atoms with van der Waals surface area (Å²) in [6, 6.07) is -0.610. The van der Waals surface area contributed by atoms with E-state index in [-0.39, 0.29) is 17.9 Å². The van der Waals surface area contributed by atoms with Crippen molar-refractivity contribution >= 4 is 45.4 Å². The Labute approximate surface area is 154 Å². The Morgan fingerprint density at radius 1 is 1.27 bits per heavy atom. The van der Waals surface area contributed by atoms with Gasteiger partial charge in [0, 0.05) is 39.8 Å². The highest BCUT2D eigenvalue weighted by Gasteiger charge is 2.32. The highest BCUT2D eigenvalue weighted by Crippen LogP contribution is 2.26. The lowest BCUT2D eigenvalue weighted by atomic mass is 10.2. The zero-order chi connectivity index (χ0) is 18.3. The van der Waals surface area contributed by atoms with Gasteiger partial charge in [-0.25, -0.2) is 14.8 Å². The maximum Gasteiger partial charge on any atom is 0.318 e. The van der Waals surface area contributed by atoms with E-state index in [2.05, 4.69) is 25.2 Å². The van der Waals surface area contributed by atoms with Crippen LogP contribution < -0.4 is 16.0 Å². The van der Waals surface area contributed by atoms with Gasteiger partial charge >= 0.3 is 6.03 Å². The Morgan fingerprint density at radius 2 is 2.04 bits per heavy atom. The molecule has 1 atom stereocenters. The minimum absolute atomic E-state index is 0.0284. The van der Waals surface area contributed by atoms with E-state index in [9.17, 15) is 9.59 Å². The van der Waals surface area contributed by atoms with Crippen LogP contribution in [0.25, 0.3) is 10.3 Å². The minimum Gasteiger partial charge on any atom is -0.368 e. The number of hydrogen-bond donors (Lipinski definition) is 2. The highest BCUT2D eigenvalue weighted by atomic mass is 32.1. The second-order valence-corrected chi connectivity index (χ2v) is 7.27. The number of likely N-dealkylation sites (N-methyl/N-ethyl adjacent to an activating group) is 1. The SMILES string of the molecule is CN1CCC(NC(=O)N2CCN(c3nc(N)nc4scnc34)CC2)C1=O. The van der Waals surface area contributed by atoms with Crippen LogP contribution in [0, 0.1) is 0 Å². The van der Waals surface area contributed by atoms with E-state index in [1.807, 2.05) is 0 Å². The number of nitrogens with two attached hydrogens (primary N) is 1. The topological polar surface area (TPSA) is 121 Å². The predicted octanol–water partition coefficient (Wildman–Crippen LogP) is -0.269. The van der Waals surface area contributed by atoms with Crippen molar-refractivity contribution in [3.05, 3.63) is 5.51 Å². The van der Waals surface area contributed by atoms with Gasteiger partial charge in [0.15, 0.2) is 10.6 Å². The van der Waals surface area contributed by atoms with Gasteiger partial charge in [-0.15, -0.1) is 11.3 Å². The van der Waals surface area contributed by atoms with Gasteiger partial charge < -0.3 is 25.8 Å². The van der Waals surface area contributed by atoms with Gasteiger partial charge in [-0.2, -0.15) is 4.98 Å². The van der Waals surface area contributed by atoms with Gasteiger partial charge in [-0.05, 0) is 6.42 Å². The van der Waals surface area contributed by atoms with Crippen molar-refractivity contribution in [2.45, 2.75) is 12.5 Å². The molecule has 10 nitrogen and oxygen atoms in total. The number of aromatic nitrogens is 3. The second-order valence-electron chi connectivity index (χ2n) is 6.44. The zero-order valence-electron chi connectivity index (χ0n) is 14.4. The number of anilines is 2. The Kier molecular flexibility index (Phi) is 4.23. The van der Waals surface area contributed by atoms with E-state index < -0.39 is 6.04 Å². The lowest BCUT2D eigenvalue weighted by Crippen LogP contribution is -2.54. The van der Waals surface area contributed by atoms with Gasteiger partial charge in [-0.1, -0.05) is 0 Å². The van der Waals surface area contributed by atoms with E-state index in [1.54, 1.807) is 22.4 Å². The van der Waals surface area contributed by atoms with Crippen molar-refractivity contribution in [3.8, 4) is 0 Å². The van der Waals surface area contributed by atoms with Crippen LogP contribution in [-0.2, 0) is 4.79 Å². The van der Waals surface area contributed by atoms with E-state index >= 15 is 0 Å². The third kappa shape index (κ3) is 2.98. The van der Waals surface area contributed by atoms with Gasteiger partial charge in [-0.3, -0.25) is 4.79 Å². The monoisotopic (exact) mass is 376 g/mol. The third-order valence-electron chi connectivity index (χ3n) is 4.79. The van der Waals surface area contributed by atoms with Crippen molar-refractivity contribution in [2.75, 3.05) is 50.4 Å². The van der Waals surface area contributed by atoms with Crippen LogP contribution >= 0.6 is 11.3 Å². The second kappa shape index (κ2) is 6.56. The number of carbonyl (C=O) groups is 2. The van der Waals surface area contributed by atoms with Crippen LogP contribution in [0.2, 0.25) is 0 Å². The number of amides is 3. The smallest absolute Gasteiger partial charge is 0.318 e. The average Bonchev–Trinajstić information content (AvgIpc) is 3.23. The summed E-state index contributed by atoms with van der Waals surface area (Å²) in [5.41, 5.74) is 8.26. The molecule has 4 rings (SSSR count). The fourth-order valence-electron chi connectivity index (χ4n) is 3.30. The fraction of sp³-hybridized carbons (Fsp3) is 0.533. The molecule has 3 N–H and O–H groups in total. The molecular weight excluding hydrogens is 356 g/mol. The Balaban J connectivity index is 1.40. The standard InChI is InChI=1S/C15H20N8O2S/c1-21-3-2-9(13(21)24)18-15(25)23-6-4-22(5-7-23)11-10-12(26-8-17-10)20-14(16)19-11/h8-9H,2-7H2,1H3,(H,18,25)(H2,16,19,20). The molecule has 2 saturated heterocycles. The number of nitrogen functional groups attached to an aromatic ring is 1. The summed E-state index contributed by atoms with van der Waals surface area (Å²) in [5.74, 6) is 0.904. The lowest BCUT2D eigenvalue weighted by Gasteiger charge is -2.35. The summed E-state index contributed by atoms with van der Waals surface area (Å²) in [6.07, 6.45) is 0.656. The molecule has 0 spiro atoms. The van der Waals surface area contributed by atoms with E-state index in [0.29, 0.717) is 45.0 Å². The number of nitrogens with zero attached hydrogens (tertiary/aromatic N) is 6. The molecule has 138 valence electrons. The molecule has 2 aliphatic heterocycles. The number of piperazine rings is 1. The predicted molar refractivity (Wildman–Crippen MR) is 98.0 cm³/mol. The molecule has 3 amide bonds. The molecule has 0 aromatic carbocycles. The van der Waals surface area contributed by atoms with Crippen molar-refractivity contribution in [2.24, 2.45) is 0 Å². The van der Waals surface area contributed by atoms with Crippen LogP contribution in [0.3, 0.4) is 0 Å². The summed E-state index contributed by atoms with van der Waals surface area (Å²) in [7, 11) is 1.75. The highest BCUT2D eigenvalue weighted by molar-refractivity contribution is 7.16. The van der Waals surface area contributed by atoms with Crippen molar-refractivity contribution in [3.63, 3.8) is 0 Å². The van der Waals surface area contributed by atoms with Crippen LogP contribution in [0.15, 0.2) is 5.51 Å². The Morgan fingerprint density at radius 3 is 2.73 bits per heavy atom. The van der Waals surface area contributed by atoms with Crippen LogP contribution in [0.1, 0.15) is 6.42 Å². The molecule has 4 heterocycles. The molecule has 2 aromatic heterocycles. The average molecular weight is 376 g/mol. The largest absolute Gasteiger partial charge is 0.368 e. The Hall–Kier alpha value is -2.69. The lowest BCUT2D eigenvalue weighted by molar-refractivity contribution is -0.128. The first kappa shape index (κ1) is 16.8. The maximum atomic E-state index is 12.4. The van der Waals surface area contributed by atoms with E-state index in [4.69, 9.17) is 5.73 Å². The van der Waals surface area contributed by atoms with Gasteiger partial charge in [0.1, 0.15) is 11.6 Å². The van der Waals surface area contributed by atoms with Gasteiger partial charge in [0.05, 0.1) is 5.51 Å². The molecular formula is C15H20N8O2S. The summed E-state index contributed by atoms with van der Waals surface area (Å²) >= 11 is 1.42. The van der Waals surface area contributed by atoms with Crippen LogP contribution in [0.5, 0.6) is 0 Å². The maximum absolute atomic E-state index is 12.4. The number of thiazole rings is 1. The number of fused-ring (bicyclic) bond motifs is 1. The van der Waals surface area contributed by atoms with Crippen LogP contribution in [-0.4, -0.2) is 82.5 Å². The molecule has 2 aromatic rings. The third-order valence-corrected chi connectivity index (χ3v) is 5.51. The van der Waals surface area contributed by atoms with E-state index in [1.165, 1.54) is 11.3 Å². The normalized spacial score (nSPS) is 20.9.